The van der Waals surface area contributed by atoms with E-state index in [2.05, 4.69) is 43.2 Å². The standard InChI is InChI=1S/C10H12BrN5/c1-8(6-16-4-2-3-14-16)15-10-5-9(11)12-7-13-10/h2-5,7-8H,6H2,1H3,(H,12,13,15). The SMILES string of the molecule is CC(Cn1cccn1)Nc1cc(Br)ncn1. The molecule has 0 saturated heterocycles. The summed E-state index contributed by atoms with van der Waals surface area (Å²) in [6, 6.07) is 4.01. The van der Waals surface area contributed by atoms with Gasteiger partial charge in [0.05, 0.1) is 6.54 Å². The molecule has 6 heteroatoms. The molecule has 0 spiro atoms. The van der Waals surface area contributed by atoms with Gasteiger partial charge in [0.25, 0.3) is 0 Å². The maximum absolute atomic E-state index is 4.15. The molecule has 2 aromatic rings. The van der Waals surface area contributed by atoms with Crippen LogP contribution in [-0.2, 0) is 6.54 Å². The van der Waals surface area contributed by atoms with Gasteiger partial charge in [0.2, 0.25) is 0 Å². The first kappa shape index (κ1) is 11.1. The maximum Gasteiger partial charge on any atom is 0.130 e. The Morgan fingerprint density at radius 2 is 2.38 bits per heavy atom. The molecule has 0 aliphatic heterocycles. The van der Waals surface area contributed by atoms with Crippen LogP contribution in [0.2, 0.25) is 0 Å². The number of anilines is 1. The molecule has 2 rings (SSSR count). The van der Waals surface area contributed by atoms with Crippen molar-refractivity contribution >= 4 is 21.7 Å². The van der Waals surface area contributed by atoms with Gasteiger partial charge in [-0.1, -0.05) is 0 Å². The van der Waals surface area contributed by atoms with E-state index in [0.717, 1.165) is 17.0 Å². The quantitative estimate of drug-likeness (QED) is 0.871. The average Bonchev–Trinajstić information content (AvgIpc) is 2.70. The van der Waals surface area contributed by atoms with Gasteiger partial charge >= 0.3 is 0 Å². The Labute approximate surface area is 102 Å². The van der Waals surface area contributed by atoms with E-state index in [-0.39, 0.29) is 6.04 Å². The van der Waals surface area contributed by atoms with Crippen molar-refractivity contribution in [2.45, 2.75) is 19.5 Å². The zero-order valence-corrected chi connectivity index (χ0v) is 10.4. The molecule has 84 valence electrons. The Kier molecular flexibility index (Phi) is 3.51. The zero-order valence-electron chi connectivity index (χ0n) is 8.84. The van der Waals surface area contributed by atoms with E-state index in [4.69, 9.17) is 0 Å². The van der Waals surface area contributed by atoms with Crippen molar-refractivity contribution in [1.29, 1.82) is 0 Å². The van der Waals surface area contributed by atoms with E-state index in [9.17, 15) is 0 Å². The second kappa shape index (κ2) is 5.07. The summed E-state index contributed by atoms with van der Waals surface area (Å²) < 4.78 is 2.66. The van der Waals surface area contributed by atoms with Crippen LogP contribution in [0.5, 0.6) is 0 Å². The van der Waals surface area contributed by atoms with Crippen LogP contribution in [0.25, 0.3) is 0 Å². The van der Waals surface area contributed by atoms with E-state index < -0.39 is 0 Å². The van der Waals surface area contributed by atoms with Crippen LogP contribution in [0.1, 0.15) is 6.92 Å². The maximum atomic E-state index is 4.15. The molecule has 0 aliphatic carbocycles. The van der Waals surface area contributed by atoms with Crippen LogP contribution in [-0.4, -0.2) is 25.8 Å². The minimum Gasteiger partial charge on any atom is -0.366 e. The summed E-state index contributed by atoms with van der Waals surface area (Å²) >= 11 is 3.30. The molecule has 1 atom stereocenters. The van der Waals surface area contributed by atoms with Crippen molar-refractivity contribution in [2.75, 3.05) is 5.32 Å². The lowest BCUT2D eigenvalue weighted by Crippen LogP contribution is -2.22. The van der Waals surface area contributed by atoms with Crippen molar-refractivity contribution in [3.05, 3.63) is 35.5 Å². The lowest BCUT2D eigenvalue weighted by molar-refractivity contribution is 0.559. The topological polar surface area (TPSA) is 55.6 Å². The number of nitrogens with one attached hydrogen (secondary N) is 1. The summed E-state index contributed by atoms with van der Waals surface area (Å²) in [7, 11) is 0. The molecule has 0 radical (unpaired) electrons. The van der Waals surface area contributed by atoms with Gasteiger partial charge in [-0.15, -0.1) is 0 Å². The third kappa shape index (κ3) is 3.03. The fourth-order valence-corrected chi connectivity index (χ4v) is 1.71. The highest BCUT2D eigenvalue weighted by Gasteiger charge is 2.04. The average molecular weight is 282 g/mol. The first-order chi connectivity index (χ1) is 7.74. The highest BCUT2D eigenvalue weighted by Crippen LogP contribution is 2.10. The normalized spacial score (nSPS) is 12.4. The van der Waals surface area contributed by atoms with Gasteiger partial charge in [-0.2, -0.15) is 5.10 Å². The highest BCUT2D eigenvalue weighted by molar-refractivity contribution is 9.10. The molecule has 0 aromatic carbocycles. The highest BCUT2D eigenvalue weighted by atomic mass is 79.9. The Hall–Kier alpha value is -1.43. The van der Waals surface area contributed by atoms with E-state index in [1.807, 2.05) is 23.0 Å². The molecule has 2 aromatic heterocycles. The van der Waals surface area contributed by atoms with Gasteiger partial charge in [0.15, 0.2) is 0 Å². The van der Waals surface area contributed by atoms with Crippen LogP contribution in [0, 0.1) is 0 Å². The van der Waals surface area contributed by atoms with Crippen molar-refractivity contribution in [2.24, 2.45) is 0 Å². The molecule has 0 amide bonds. The molecular formula is C10H12BrN5. The molecule has 2 heterocycles. The van der Waals surface area contributed by atoms with E-state index in [1.54, 1.807) is 6.20 Å². The van der Waals surface area contributed by atoms with Crippen molar-refractivity contribution < 1.29 is 0 Å². The van der Waals surface area contributed by atoms with Gasteiger partial charge < -0.3 is 5.32 Å². The van der Waals surface area contributed by atoms with Gasteiger partial charge in [-0.3, -0.25) is 4.68 Å². The van der Waals surface area contributed by atoms with Gasteiger partial charge in [0.1, 0.15) is 16.7 Å². The molecule has 16 heavy (non-hydrogen) atoms. The summed E-state index contributed by atoms with van der Waals surface area (Å²) in [6.07, 6.45) is 5.23. The minimum atomic E-state index is 0.252. The number of rotatable bonds is 4. The van der Waals surface area contributed by atoms with Crippen molar-refractivity contribution in [3.63, 3.8) is 0 Å². The second-order valence-electron chi connectivity index (χ2n) is 3.50. The van der Waals surface area contributed by atoms with E-state index in [0.29, 0.717) is 0 Å². The predicted octanol–water partition coefficient (Wildman–Crippen LogP) is 1.94. The Morgan fingerprint density at radius 3 is 3.06 bits per heavy atom. The van der Waals surface area contributed by atoms with E-state index in [1.165, 1.54) is 6.33 Å². The van der Waals surface area contributed by atoms with Crippen molar-refractivity contribution in [3.8, 4) is 0 Å². The lowest BCUT2D eigenvalue weighted by atomic mass is 10.3. The second-order valence-corrected chi connectivity index (χ2v) is 4.31. The Balaban J connectivity index is 1.94. The molecule has 0 saturated carbocycles. The number of hydrogen-bond donors (Lipinski definition) is 1. The summed E-state index contributed by atoms with van der Waals surface area (Å²) in [6.45, 7) is 2.88. The number of hydrogen-bond acceptors (Lipinski definition) is 4. The van der Waals surface area contributed by atoms with Gasteiger partial charge in [0, 0.05) is 24.5 Å². The molecule has 0 aliphatic rings. The third-order valence-electron chi connectivity index (χ3n) is 2.05. The summed E-state index contributed by atoms with van der Waals surface area (Å²) in [5, 5.41) is 7.43. The van der Waals surface area contributed by atoms with Crippen molar-refractivity contribution in [1.82, 2.24) is 19.7 Å². The fraction of sp³-hybridized carbons (Fsp3) is 0.300. The summed E-state index contributed by atoms with van der Waals surface area (Å²) in [4.78, 5) is 8.10. The number of aromatic nitrogens is 4. The minimum absolute atomic E-state index is 0.252. The van der Waals surface area contributed by atoms with Crippen LogP contribution in [0.4, 0.5) is 5.82 Å². The van der Waals surface area contributed by atoms with Gasteiger partial charge in [-0.05, 0) is 28.9 Å². The zero-order chi connectivity index (χ0) is 11.4. The van der Waals surface area contributed by atoms with Gasteiger partial charge in [-0.25, -0.2) is 9.97 Å². The molecule has 0 fully saturated rings. The van der Waals surface area contributed by atoms with Crippen LogP contribution in [0.15, 0.2) is 35.5 Å². The lowest BCUT2D eigenvalue weighted by Gasteiger charge is -2.14. The fourth-order valence-electron chi connectivity index (χ4n) is 1.40. The molecule has 1 unspecified atom stereocenters. The third-order valence-corrected chi connectivity index (χ3v) is 2.48. The first-order valence-corrected chi connectivity index (χ1v) is 5.75. The Bertz CT molecular complexity index is 442. The smallest absolute Gasteiger partial charge is 0.130 e. The molecule has 5 nitrogen and oxygen atoms in total. The predicted molar refractivity (Wildman–Crippen MR) is 65.0 cm³/mol. The van der Waals surface area contributed by atoms with Crippen LogP contribution in [0.3, 0.4) is 0 Å². The monoisotopic (exact) mass is 281 g/mol. The molecule has 1 N–H and O–H groups in total. The largest absolute Gasteiger partial charge is 0.366 e. The first-order valence-electron chi connectivity index (χ1n) is 4.95. The van der Waals surface area contributed by atoms with Crippen LogP contribution >= 0.6 is 15.9 Å². The number of halogens is 1. The molecule has 0 bridgehead atoms. The van der Waals surface area contributed by atoms with Crippen LogP contribution < -0.4 is 5.32 Å². The van der Waals surface area contributed by atoms with E-state index >= 15 is 0 Å². The number of nitrogens with zero attached hydrogens (tertiary/aromatic N) is 4. The Morgan fingerprint density at radius 1 is 1.50 bits per heavy atom. The summed E-state index contributed by atoms with van der Waals surface area (Å²) in [5.74, 6) is 0.807. The molecular weight excluding hydrogens is 270 g/mol. The summed E-state index contributed by atoms with van der Waals surface area (Å²) in [5.41, 5.74) is 0.